The van der Waals surface area contributed by atoms with Crippen molar-refractivity contribution in [3.63, 3.8) is 0 Å². The zero-order valence-electron chi connectivity index (χ0n) is 15.9. The second-order valence-corrected chi connectivity index (χ2v) is 6.82. The van der Waals surface area contributed by atoms with Gasteiger partial charge in [0.25, 0.3) is 0 Å². The van der Waals surface area contributed by atoms with E-state index in [1.165, 1.54) is 6.92 Å². The Morgan fingerprint density at radius 1 is 1.19 bits per heavy atom. The van der Waals surface area contributed by atoms with Crippen LogP contribution in [0.4, 0.5) is 0 Å². The lowest BCUT2D eigenvalue weighted by Gasteiger charge is -2.15. The molecule has 7 heteroatoms. The van der Waals surface area contributed by atoms with Crippen LogP contribution in [0.3, 0.4) is 0 Å². The van der Waals surface area contributed by atoms with Gasteiger partial charge in [0.05, 0.1) is 5.69 Å². The number of rotatable bonds is 7. The predicted molar refractivity (Wildman–Crippen MR) is 102 cm³/mol. The van der Waals surface area contributed by atoms with Crippen LogP contribution >= 0.6 is 11.6 Å². The highest BCUT2D eigenvalue weighted by molar-refractivity contribution is 6.30. The average Bonchev–Trinajstić information content (AvgIpc) is 2.89. The molecule has 0 aliphatic heterocycles. The van der Waals surface area contributed by atoms with Gasteiger partial charge in [0.15, 0.2) is 18.5 Å². The number of carbonyl (C=O) groups excluding carboxylic acids is 3. The minimum atomic E-state index is -0.892. The average molecular weight is 392 g/mol. The number of aromatic nitrogens is 1. The van der Waals surface area contributed by atoms with E-state index in [9.17, 15) is 14.4 Å². The fourth-order valence-electron chi connectivity index (χ4n) is 2.87. The molecular weight excluding hydrogens is 370 g/mol. The van der Waals surface area contributed by atoms with Gasteiger partial charge in [0.2, 0.25) is 5.78 Å². The third kappa shape index (κ3) is 4.77. The van der Waals surface area contributed by atoms with Gasteiger partial charge in [-0.15, -0.1) is 0 Å². The first-order valence-electron chi connectivity index (χ1n) is 8.44. The molecule has 0 saturated heterocycles. The number of halogens is 1. The summed E-state index contributed by atoms with van der Waals surface area (Å²) in [4.78, 5) is 39.0. The number of aromatic amines is 1. The number of esters is 1. The van der Waals surface area contributed by atoms with E-state index in [1.54, 1.807) is 39.0 Å². The van der Waals surface area contributed by atoms with Crippen LogP contribution < -0.4 is 4.74 Å². The molecule has 0 aliphatic rings. The summed E-state index contributed by atoms with van der Waals surface area (Å²) >= 11 is 5.90. The number of hydrogen-bond acceptors (Lipinski definition) is 5. The fourth-order valence-corrected chi connectivity index (χ4v) is 3.09. The number of nitrogens with one attached hydrogen (secondary N) is 1. The third-order valence-electron chi connectivity index (χ3n) is 4.19. The molecule has 0 saturated carbocycles. The standard InChI is InChI=1S/C20H22ClNO5/c1-10-8-15(21)6-7-17(10)27-14(5)20(25)26-9-16(24)19-11(2)18(13(4)23)12(3)22-19/h6-8,14,22H,9H2,1-5H3. The van der Waals surface area contributed by atoms with Crippen LogP contribution in [-0.4, -0.2) is 35.2 Å². The summed E-state index contributed by atoms with van der Waals surface area (Å²) in [5.74, 6) is -0.688. The van der Waals surface area contributed by atoms with Crippen molar-refractivity contribution < 1.29 is 23.9 Å². The van der Waals surface area contributed by atoms with E-state index >= 15 is 0 Å². The van der Waals surface area contributed by atoms with E-state index in [1.807, 2.05) is 6.92 Å². The van der Waals surface area contributed by atoms with Crippen molar-refractivity contribution in [1.29, 1.82) is 0 Å². The molecule has 0 amide bonds. The van der Waals surface area contributed by atoms with Crippen molar-refractivity contribution in [2.45, 2.75) is 40.7 Å². The molecule has 144 valence electrons. The first kappa shape index (κ1) is 20.7. The molecule has 6 nitrogen and oxygen atoms in total. The normalized spacial score (nSPS) is 11.8. The van der Waals surface area contributed by atoms with Gasteiger partial charge >= 0.3 is 5.97 Å². The summed E-state index contributed by atoms with van der Waals surface area (Å²) in [6, 6.07) is 5.05. The monoisotopic (exact) mass is 391 g/mol. The number of Topliss-reactive ketones (excluding diaryl/α,β-unsaturated/α-hetero) is 2. The lowest BCUT2D eigenvalue weighted by Crippen LogP contribution is -2.28. The first-order chi connectivity index (χ1) is 12.6. The van der Waals surface area contributed by atoms with Crippen molar-refractivity contribution >= 4 is 29.1 Å². The number of H-pyrrole nitrogens is 1. The van der Waals surface area contributed by atoms with Crippen LogP contribution in [-0.2, 0) is 9.53 Å². The Morgan fingerprint density at radius 2 is 1.85 bits per heavy atom. The molecule has 1 atom stereocenters. The van der Waals surface area contributed by atoms with E-state index in [4.69, 9.17) is 21.1 Å². The minimum Gasteiger partial charge on any atom is -0.479 e. The minimum absolute atomic E-state index is 0.127. The SMILES string of the molecule is CC(=O)c1c(C)[nH]c(C(=O)COC(=O)C(C)Oc2ccc(Cl)cc2C)c1C. The van der Waals surface area contributed by atoms with E-state index in [-0.39, 0.29) is 11.5 Å². The third-order valence-corrected chi connectivity index (χ3v) is 4.42. The largest absolute Gasteiger partial charge is 0.479 e. The highest BCUT2D eigenvalue weighted by atomic mass is 35.5. The van der Waals surface area contributed by atoms with E-state index in [0.717, 1.165) is 5.56 Å². The lowest BCUT2D eigenvalue weighted by molar-refractivity contribution is -0.149. The number of hydrogen-bond donors (Lipinski definition) is 1. The maximum atomic E-state index is 12.4. The summed E-state index contributed by atoms with van der Waals surface area (Å²) in [6.07, 6.45) is -0.892. The van der Waals surface area contributed by atoms with Crippen LogP contribution in [0, 0.1) is 20.8 Å². The van der Waals surface area contributed by atoms with Gasteiger partial charge < -0.3 is 14.5 Å². The molecule has 1 aromatic carbocycles. The summed E-state index contributed by atoms with van der Waals surface area (Å²) in [5.41, 5.74) is 2.71. The van der Waals surface area contributed by atoms with Gasteiger partial charge in [0, 0.05) is 16.3 Å². The van der Waals surface area contributed by atoms with Crippen LogP contribution in [0.2, 0.25) is 5.02 Å². The van der Waals surface area contributed by atoms with Gasteiger partial charge in [-0.25, -0.2) is 4.79 Å². The molecule has 0 fully saturated rings. The van der Waals surface area contributed by atoms with Crippen molar-refractivity contribution in [1.82, 2.24) is 4.98 Å². The van der Waals surface area contributed by atoms with Gasteiger partial charge in [-0.1, -0.05) is 11.6 Å². The maximum Gasteiger partial charge on any atom is 0.347 e. The quantitative estimate of drug-likeness (QED) is 0.569. The molecule has 1 unspecified atom stereocenters. The molecular formula is C20H22ClNO5. The van der Waals surface area contributed by atoms with E-state index < -0.39 is 24.5 Å². The number of ether oxygens (including phenoxy) is 2. The van der Waals surface area contributed by atoms with Crippen molar-refractivity contribution in [2.24, 2.45) is 0 Å². The summed E-state index contributed by atoms with van der Waals surface area (Å²) in [5, 5.41) is 0.571. The zero-order valence-corrected chi connectivity index (χ0v) is 16.7. The molecule has 0 radical (unpaired) electrons. The van der Waals surface area contributed by atoms with Crippen LogP contribution in [0.1, 0.15) is 51.5 Å². The molecule has 27 heavy (non-hydrogen) atoms. The van der Waals surface area contributed by atoms with E-state index in [0.29, 0.717) is 27.6 Å². The van der Waals surface area contributed by atoms with Crippen molar-refractivity contribution in [2.75, 3.05) is 6.61 Å². The molecule has 0 bridgehead atoms. The van der Waals surface area contributed by atoms with Crippen molar-refractivity contribution in [3.8, 4) is 5.75 Å². The van der Waals surface area contributed by atoms with Gasteiger partial charge in [-0.2, -0.15) is 0 Å². The van der Waals surface area contributed by atoms with E-state index in [2.05, 4.69) is 4.98 Å². The molecule has 2 rings (SSSR count). The topological polar surface area (TPSA) is 85.5 Å². The van der Waals surface area contributed by atoms with Crippen molar-refractivity contribution in [3.05, 3.63) is 51.3 Å². The Hall–Kier alpha value is -2.60. The highest BCUT2D eigenvalue weighted by Crippen LogP contribution is 2.23. The first-order valence-corrected chi connectivity index (χ1v) is 8.82. The van der Waals surface area contributed by atoms with Gasteiger partial charge in [0.1, 0.15) is 5.75 Å². The predicted octanol–water partition coefficient (Wildman–Crippen LogP) is 3.99. The molecule has 0 aliphatic carbocycles. The smallest absolute Gasteiger partial charge is 0.347 e. The zero-order chi connectivity index (χ0) is 20.3. The Labute approximate surface area is 162 Å². The molecule has 1 N–H and O–H groups in total. The van der Waals surface area contributed by atoms with Crippen LogP contribution in [0.15, 0.2) is 18.2 Å². The Kier molecular flexibility index (Phi) is 6.44. The number of aryl methyl sites for hydroxylation is 2. The Morgan fingerprint density at radius 3 is 2.41 bits per heavy atom. The number of ketones is 2. The second kappa shape index (κ2) is 8.39. The second-order valence-electron chi connectivity index (χ2n) is 6.38. The molecule has 2 aromatic rings. The molecule has 1 heterocycles. The number of carbonyl (C=O) groups is 3. The van der Waals surface area contributed by atoms with Crippen LogP contribution in [0.25, 0.3) is 0 Å². The Balaban J connectivity index is 1.99. The Bertz CT molecular complexity index is 900. The van der Waals surface area contributed by atoms with Gasteiger partial charge in [-0.05, 0) is 63.9 Å². The summed E-state index contributed by atoms with van der Waals surface area (Å²) < 4.78 is 10.7. The maximum absolute atomic E-state index is 12.4. The van der Waals surface area contributed by atoms with Gasteiger partial charge in [-0.3, -0.25) is 9.59 Å². The lowest BCUT2D eigenvalue weighted by atomic mass is 10.1. The van der Waals surface area contributed by atoms with Crippen LogP contribution in [0.5, 0.6) is 5.75 Å². The highest BCUT2D eigenvalue weighted by Gasteiger charge is 2.23. The number of benzene rings is 1. The summed E-state index contributed by atoms with van der Waals surface area (Å²) in [7, 11) is 0. The fraction of sp³-hybridized carbons (Fsp3) is 0.350. The summed E-state index contributed by atoms with van der Waals surface area (Å²) in [6.45, 7) is 7.76. The molecule has 1 aromatic heterocycles. The molecule has 0 spiro atoms.